The lowest BCUT2D eigenvalue weighted by Gasteiger charge is -2.18. The molecule has 18 heavy (non-hydrogen) atoms. The third-order valence-electron chi connectivity index (χ3n) is 3.37. The van der Waals surface area contributed by atoms with Crippen LogP contribution in [0.2, 0.25) is 0 Å². The van der Waals surface area contributed by atoms with Crippen LogP contribution in [0.1, 0.15) is 26.7 Å². The third-order valence-corrected chi connectivity index (χ3v) is 5.60. The molecule has 0 radical (unpaired) electrons. The lowest BCUT2D eigenvalue weighted by Crippen LogP contribution is -2.17. The average molecular weight is 374 g/mol. The van der Waals surface area contributed by atoms with Crippen LogP contribution in [0.25, 0.3) is 0 Å². The first-order valence-electron chi connectivity index (χ1n) is 6.47. The molecule has 0 aromatic heterocycles. The molecule has 0 saturated heterocycles. The molecule has 2 rings (SSSR count). The van der Waals surface area contributed by atoms with Crippen LogP contribution < -0.4 is 5.32 Å². The zero-order valence-electron chi connectivity index (χ0n) is 10.8. The summed E-state index contributed by atoms with van der Waals surface area (Å²) in [5, 5.41) is 5.18. The van der Waals surface area contributed by atoms with Crippen LogP contribution in [0.5, 0.6) is 0 Å². The highest BCUT2D eigenvalue weighted by Gasteiger charge is 2.26. The quantitative estimate of drug-likeness (QED) is 0.779. The maximum atomic E-state index is 4.64. The van der Waals surface area contributed by atoms with Gasteiger partial charge in [-0.15, -0.1) is 0 Å². The highest BCUT2D eigenvalue weighted by Crippen LogP contribution is 2.32. The molecule has 2 nitrogen and oxygen atoms in total. The molecule has 1 aliphatic heterocycles. The number of hydrogen-bond donors (Lipinski definition) is 1. The fraction of sp³-hybridized carbons (Fsp3) is 0.500. The van der Waals surface area contributed by atoms with Gasteiger partial charge in [0.2, 0.25) is 0 Å². The van der Waals surface area contributed by atoms with Crippen molar-refractivity contribution >= 4 is 45.2 Å². The summed E-state index contributed by atoms with van der Waals surface area (Å²) in [6, 6.07) is 8.34. The van der Waals surface area contributed by atoms with Crippen molar-refractivity contribution in [2.45, 2.75) is 31.9 Å². The van der Waals surface area contributed by atoms with Gasteiger partial charge in [0.1, 0.15) is 0 Å². The molecule has 1 aromatic rings. The second-order valence-corrected chi connectivity index (χ2v) is 6.87. The number of amidine groups is 1. The van der Waals surface area contributed by atoms with Gasteiger partial charge in [-0.05, 0) is 40.6 Å². The number of hydrogen-bond acceptors (Lipinski definition) is 3. The van der Waals surface area contributed by atoms with Crippen molar-refractivity contribution in [3.8, 4) is 0 Å². The summed E-state index contributed by atoms with van der Waals surface area (Å²) in [6.45, 7) is 5.52. The largest absolute Gasteiger partial charge is 0.334 e. The number of rotatable bonds is 4. The van der Waals surface area contributed by atoms with E-state index in [4.69, 9.17) is 0 Å². The van der Waals surface area contributed by atoms with Crippen LogP contribution in [0.4, 0.5) is 5.69 Å². The van der Waals surface area contributed by atoms with Crippen molar-refractivity contribution in [2.75, 3.05) is 11.9 Å². The molecule has 98 valence electrons. The van der Waals surface area contributed by atoms with Crippen molar-refractivity contribution in [3.05, 3.63) is 27.8 Å². The van der Waals surface area contributed by atoms with Crippen molar-refractivity contribution in [1.82, 2.24) is 0 Å². The Morgan fingerprint density at radius 2 is 2.11 bits per heavy atom. The van der Waals surface area contributed by atoms with Gasteiger partial charge < -0.3 is 5.32 Å². The smallest absolute Gasteiger partial charge is 0.161 e. The van der Waals surface area contributed by atoms with Crippen molar-refractivity contribution < 1.29 is 0 Å². The zero-order valence-corrected chi connectivity index (χ0v) is 13.8. The summed E-state index contributed by atoms with van der Waals surface area (Å²) < 4.78 is 1.24. The molecule has 0 amide bonds. The molecular formula is C14H19IN2S. The van der Waals surface area contributed by atoms with Gasteiger partial charge in [-0.1, -0.05) is 50.6 Å². The number of nitrogens with zero attached hydrogens (tertiary/aromatic N) is 1. The number of benzene rings is 1. The Balaban J connectivity index is 1.95. The summed E-state index contributed by atoms with van der Waals surface area (Å²) in [7, 11) is 0. The zero-order chi connectivity index (χ0) is 13.0. The molecule has 1 aliphatic rings. The Bertz CT molecular complexity index is 430. The summed E-state index contributed by atoms with van der Waals surface area (Å²) in [5.74, 6) is 0.785. The van der Waals surface area contributed by atoms with Crippen molar-refractivity contribution in [3.63, 3.8) is 0 Å². The predicted molar refractivity (Wildman–Crippen MR) is 90.5 cm³/mol. The molecule has 4 heteroatoms. The topological polar surface area (TPSA) is 24.4 Å². The highest BCUT2D eigenvalue weighted by atomic mass is 127. The summed E-state index contributed by atoms with van der Waals surface area (Å²) >= 11 is 4.26. The van der Waals surface area contributed by atoms with Crippen LogP contribution >= 0.6 is 34.4 Å². The Morgan fingerprint density at radius 3 is 2.78 bits per heavy atom. The molecule has 0 spiro atoms. The molecule has 0 fully saturated rings. The van der Waals surface area contributed by atoms with Crippen LogP contribution in [0, 0.1) is 9.49 Å². The second-order valence-electron chi connectivity index (χ2n) is 4.48. The molecule has 1 heterocycles. The van der Waals surface area contributed by atoms with Gasteiger partial charge in [-0.2, -0.15) is 0 Å². The Hall–Kier alpha value is -0.230. The summed E-state index contributed by atoms with van der Waals surface area (Å²) in [6.07, 6.45) is 2.50. The average Bonchev–Trinajstić information content (AvgIpc) is 2.82. The lowest BCUT2D eigenvalue weighted by atomic mass is 9.99. The molecule has 0 bridgehead atoms. The van der Waals surface area contributed by atoms with E-state index in [2.05, 4.69) is 71.0 Å². The standard InChI is InChI=1S/C14H19IN2S/c1-3-10(4-2)13-9-16-14(18-13)17-12-8-6-5-7-11(12)15/h5-8,10,13H,3-4,9H2,1-2H3,(H,16,17). The summed E-state index contributed by atoms with van der Waals surface area (Å²) in [5.41, 5.74) is 1.16. The monoisotopic (exact) mass is 374 g/mol. The normalized spacial score (nSPS) is 19.1. The van der Waals surface area contributed by atoms with E-state index in [1.165, 1.54) is 16.4 Å². The molecule has 1 aromatic carbocycles. The minimum Gasteiger partial charge on any atom is -0.334 e. The fourth-order valence-electron chi connectivity index (χ4n) is 2.20. The predicted octanol–water partition coefficient (Wildman–Crippen LogP) is 4.61. The van der Waals surface area contributed by atoms with E-state index in [0.717, 1.165) is 23.3 Å². The van der Waals surface area contributed by atoms with Crippen LogP contribution in [-0.2, 0) is 0 Å². The van der Waals surface area contributed by atoms with E-state index < -0.39 is 0 Å². The van der Waals surface area contributed by atoms with Crippen molar-refractivity contribution in [1.29, 1.82) is 0 Å². The Kier molecular flexibility index (Phi) is 5.36. The fourth-order valence-corrected chi connectivity index (χ4v) is 4.05. The van der Waals surface area contributed by atoms with E-state index in [0.29, 0.717) is 5.25 Å². The molecular weight excluding hydrogens is 355 g/mol. The molecule has 1 N–H and O–H groups in total. The second kappa shape index (κ2) is 6.80. The number of anilines is 1. The Labute approximate surface area is 127 Å². The van der Waals surface area contributed by atoms with E-state index in [-0.39, 0.29) is 0 Å². The van der Waals surface area contributed by atoms with Gasteiger partial charge in [0.05, 0.1) is 12.2 Å². The molecule has 0 saturated carbocycles. The maximum Gasteiger partial charge on any atom is 0.161 e. The number of thioether (sulfide) groups is 1. The maximum absolute atomic E-state index is 4.64. The van der Waals surface area contributed by atoms with Crippen LogP contribution in [0.3, 0.4) is 0 Å². The lowest BCUT2D eigenvalue weighted by molar-refractivity contribution is 0.479. The van der Waals surface area contributed by atoms with Crippen molar-refractivity contribution in [2.24, 2.45) is 10.9 Å². The molecule has 1 unspecified atom stereocenters. The van der Waals surface area contributed by atoms with Gasteiger partial charge in [0, 0.05) is 8.82 Å². The van der Waals surface area contributed by atoms with Gasteiger partial charge >= 0.3 is 0 Å². The van der Waals surface area contributed by atoms with E-state index in [9.17, 15) is 0 Å². The Morgan fingerprint density at radius 1 is 1.39 bits per heavy atom. The van der Waals surface area contributed by atoms with E-state index >= 15 is 0 Å². The van der Waals surface area contributed by atoms with Crippen LogP contribution in [-0.4, -0.2) is 17.0 Å². The van der Waals surface area contributed by atoms with Gasteiger partial charge in [-0.3, -0.25) is 4.99 Å². The minimum absolute atomic E-state index is 0.656. The first-order chi connectivity index (χ1) is 8.74. The molecule has 1 atom stereocenters. The number of aliphatic imine (C=N–C) groups is 1. The highest BCUT2D eigenvalue weighted by molar-refractivity contribution is 14.1. The number of para-hydroxylation sites is 1. The number of nitrogens with one attached hydrogen (secondary N) is 1. The summed E-state index contributed by atoms with van der Waals surface area (Å²) in [4.78, 5) is 4.64. The van der Waals surface area contributed by atoms with Gasteiger partial charge in [-0.25, -0.2) is 0 Å². The van der Waals surface area contributed by atoms with E-state index in [1.807, 2.05) is 11.8 Å². The van der Waals surface area contributed by atoms with Gasteiger partial charge in [0.25, 0.3) is 0 Å². The minimum atomic E-state index is 0.656. The first-order valence-corrected chi connectivity index (χ1v) is 8.43. The van der Waals surface area contributed by atoms with E-state index in [1.54, 1.807) is 0 Å². The number of halogens is 1. The first kappa shape index (κ1) is 14.2. The van der Waals surface area contributed by atoms with Crippen LogP contribution in [0.15, 0.2) is 29.3 Å². The van der Waals surface area contributed by atoms with Gasteiger partial charge in [0.15, 0.2) is 5.17 Å². The molecule has 0 aliphatic carbocycles. The SMILES string of the molecule is CCC(CC)C1CN=C(Nc2ccccc2I)S1. The third kappa shape index (κ3) is 3.41.